The molecule has 0 radical (unpaired) electrons. The monoisotopic (exact) mass is 355 g/mol. The summed E-state index contributed by atoms with van der Waals surface area (Å²) in [6.07, 6.45) is 5.39. The molecule has 6 nitrogen and oxygen atoms in total. The van der Waals surface area contributed by atoms with Gasteiger partial charge in [0.1, 0.15) is 18.0 Å². The van der Waals surface area contributed by atoms with E-state index < -0.39 is 0 Å². The number of piperidine rings is 1. The van der Waals surface area contributed by atoms with E-state index in [2.05, 4.69) is 12.0 Å². The number of nitrogens with zero attached hydrogens (tertiary/aromatic N) is 3. The zero-order valence-corrected chi connectivity index (χ0v) is 15.3. The van der Waals surface area contributed by atoms with Gasteiger partial charge in [-0.05, 0) is 31.9 Å². The fourth-order valence-electron chi connectivity index (χ4n) is 4.07. The van der Waals surface area contributed by atoms with Crippen molar-refractivity contribution in [1.82, 2.24) is 14.7 Å². The summed E-state index contributed by atoms with van der Waals surface area (Å²) in [6.45, 7) is 4.10. The Balaban J connectivity index is 1.37. The van der Waals surface area contributed by atoms with Crippen molar-refractivity contribution in [3.8, 4) is 5.75 Å². The Hall–Kier alpha value is -2.34. The number of aryl methyl sites for hydroxylation is 1. The number of benzene rings is 1. The largest absolute Gasteiger partial charge is 0.491 e. The smallest absolute Gasteiger partial charge is 0.257 e. The van der Waals surface area contributed by atoms with Crippen LogP contribution in [0, 0.1) is 5.92 Å². The van der Waals surface area contributed by atoms with Crippen molar-refractivity contribution in [3.05, 3.63) is 48.3 Å². The van der Waals surface area contributed by atoms with Gasteiger partial charge in [-0.25, -0.2) is 0 Å². The van der Waals surface area contributed by atoms with Gasteiger partial charge in [0.15, 0.2) is 0 Å². The van der Waals surface area contributed by atoms with E-state index in [0.717, 1.165) is 31.7 Å². The maximum atomic E-state index is 12.7. The first-order valence-electron chi connectivity index (χ1n) is 9.16. The summed E-state index contributed by atoms with van der Waals surface area (Å²) in [5.41, 5.74) is 0.346. The molecular formula is C20H25N3O3. The molecule has 3 heterocycles. The van der Waals surface area contributed by atoms with Gasteiger partial charge in [-0.15, -0.1) is 0 Å². The van der Waals surface area contributed by atoms with Crippen LogP contribution >= 0.6 is 0 Å². The van der Waals surface area contributed by atoms with Crippen molar-refractivity contribution in [3.63, 3.8) is 0 Å². The number of carbonyl (C=O) groups excluding carboxylic acids is 1. The predicted molar refractivity (Wildman–Crippen MR) is 97.1 cm³/mol. The molecule has 26 heavy (non-hydrogen) atoms. The van der Waals surface area contributed by atoms with Gasteiger partial charge in [0.2, 0.25) is 0 Å². The number of carbonyl (C=O) groups is 1. The summed E-state index contributed by atoms with van der Waals surface area (Å²) >= 11 is 0. The number of likely N-dealkylation sites (tertiary alicyclic amines) is 1. The summed E-state index contributed by atoms with van der Waals surface area (Å²) in [5.74, 6) is 1.28. The minimum Gasteiger partial charge on any atom is -0.491 e. The Bertz CT molecular complexity index is 776. The van der Waals surface area contributed by atoms with Crippen LogP contribution in [-0.4, -0.2) is 52.0 Å². The minimum atomic E-state index is -0.307. The van der Waals surface area contributed by atoms with Crippen molar-refractivity contribution in [2.45, 2.75) is 31.5 Å². The normalized spacial score (nSPS) is 28.0. The molecule has 0 N–H and O–H groups in total. The SMILES string of the molecule is Cn1cc(C(=O)N2CC[C@@H]3O[C@@](C)(COc4ccccc4)C[C@@H]3C2)cn1. The van der Waals surface area contributed by atoms with Crippen LogP contribution in [0.15, 0.2) is 42.7 Å². The number of hydrogen-bond acceptors (Lipinski definition) is 4. The van der Waals surface area contributed by atoms with Gasteiger partial charge in [-0.1, -0.05) is 18.2 Å². The number of ether oxygens (including phenoxy) is 2. The second-order valence-corrected chi connectivity index (χ2v) is 7.61. The molecule has 2 aliphatic heterocycles. The number of fused-ring (bicyclic) bond motifs is 1. The van der Waals surface area contributed by atoms with Crippen LogP contribution in [0.1, 0.15) is 30.1 Å². The first-order valence-corrected chi connectivity index (χ1v) is 9.16. The second kappa shape index (κ2) is 6.76. The molecule has 0 spiro atoms. The lowest BCUT2D eigenvalue weighted by atomic mass is 9.89. The maximum Gasteiger partial charge on any atom is 0.257 e. The predicted octanol–water partition coefficient (Wildman–Crippen LogP) is 2.51. The van der Waals surface area contributed by atoms with Crippen molar-refractivity contribution >= 4 is 5.91 Å². The third kappa shape index (κ3) is 3.46. The van der Waals surface area contributed by atoms with Gasteiger partial charge in [-0.3, -0.25) is 9.48 Å². The van der Waals surface area contributed by atoms with Gasteiger partial charge in [-0.2, -0.15) is 5.10 Å². The highest BCUT2D eigenvalue weighted by atomic mass is 16.6. The molecule has 1 aromatic heterocycles. The molecular weight excluding hydrogens is 330 g/mol. The van der Waals surface area contributed by atoms with Crippen LogP contribution in [0.2, 0.25) is 0 Å². The minimum absolute atomic E-state index is 0.0608. The average Bonchev–Trinajstić information content (AvgIpc) is 3.22. The quantitative estimate of drug-likeness (QED) is 0.846. The average molecular weight is 355 g/mol. The molecule has 1 amide bonds. The number of aromatic nitrogens is 2. The molecule has 6 heteroatoms. The Labute approximate surface area is 153 Å². The highest BCUT2D eigenvalue weighted by molar-refractivity contribution is 5.93. The van der Waals surface area contributed by atoms with Crippen molar-refractivity contribution < 1.29 is 14.3 Å². The lowest BCUT2D eigenvalue weighted by Crippen LogP contribution is -2.44. The molecule has 3 atom stereocenters. The summed E-state index contributed by atoms with van der Waals surface area (Å²) in [6, 6.07) is 9.83. The molecule has 0 saturated carbocycles. The lowest BCUT2D eigenvalue weighted by Gasteiger charge is -2.33. The summed E-state index contributed by atoms with van der Waals surface area (Å²) in [7, 11) is 1.83. The van der Waals surface area contributed by atoms with Crippen LogP contribution < -0.4 is 4.74 Å². The lowest BCUT2D eigenvalue weighted by molar-refractivity contribution is -0.0674. The number of amides is 1. The van der Waals surface area contributed by atoms with Gasteiger partial charge < -0.3 is 14.4 Å². The van der Waals surface area contributed by atoms with Crippen LogP contribution in [-0.2, 0) is 11.8 Å². The number of para-hydroxylation sites is 1. The molecule has 1 aromatic carbocycles. The van der Waals surface area contributed by atoms with E-state index in [1.165, 1.54) is 0 Å². The topological polar surface area (TPSA) is 56.6 Å². The fraction of sp³-hybridized carbons (Fsp3) is 0.500. The highest BCUT2D eigenvalue weighted by Crippen LogP contribution is 2.39. The van der Waals surface area contributed by atoms with Crippen LogP contribution in [0.3, 0.4) is 0 Å². The number of rotatable bonds is 4. The van der Waals surface area contributed by atoms with Crippen LogP contribution in [0.5, 0.6) is 5.75 Å². The van der Waals surface area contributed by atoms with Crippen molar-refractivity contribution in [2.24, 2.45) is 13.0 Å². The van der Waals surface area contributed by atoms with Crippen LogP contribution in [0.25, 0.3) is 0 Å². The third-order valence-electron chi connectivity index (χ3n) is 5.32. The molecule has 2 fully saturated rings. The van der Waals surface area contributed by atoms with E-state index in [1.807, 2.05) is 42.3 Å². The molecule has 4 rings (SSSR count). The molecule has 138 valence electrons. The number of hydrogen-bond donors (Lipinski definition) is 0. The second-order valence-electron chi connectivity index (χ2n) is 7.61. The van der Waals surface area contributed by atoms with E-state index in [0.29, 0.717) is 18.1 Å². The zero-order valence-electron chi connectivity index (χ0n) is 15.3. The van der Waals surface area contributed by atoms with E-state index >= 15 is 0 Å². The Morgan fingerprint density at radius 3 is 2.92 bits per heavy atom. The van der Waals surface area contributed by atoms with Crippen LogP contribution in [0.4, 0.5) is 0 Å². The molecule has 2 saturated heterocycles. The summed E-state index contributed by atoms with van der Waals surface area (Å²) in [4.78, 5) is 14.6. The zero-order chi connectivity index (χ0) is 18.1. The van der Waals surface area contributed by atoms with E-state index in [9.17, 15) is 4.79 Å². The van der Waals surface area contributed by atoms with Crippen molar-refractivity contribution in [2.75, 3.05) is 19.7 Å². The maximum absolute atomic E-state index is 12.7. The first-order chi connectivity index (χ1) is 12.5. The van der Waals surface area contributed by atoms with Gasteiger partial charge >= 0.3 is 0 Å². The Kier molecular flexibility index (Phi) is 4.44. The molecule has 2 aromatic rings. The summed E-state index contributed by atoms with van der Waals surface area (Å²) < 4.78 is 13.9. The van der Waals surface area contributed by atoms with E-state index in [-0.39, 0.29) is 17.6 Å². The fourth-order valence-corrected chi connectivity index (χ4v) is 4.07. The molecule has 2 aliphatic rings. The van der Waals surface area contributed by atoms with Gasteiger partial charge in [0, 0.05) is 32.3 Å². The summed E-state index contributed by atoms with van der Waals surface area (Å²) in [5, 5.41) is 4.10. The molecule has 0 bridgehead atoms. The van der Waals surface area contributed by atoms with Crippen molar-refractivity contribution in [1.29, 1.82) is 0 Å². The molecule has 0 aliphatic carbocycles. The van der Waals surface area contributed by atoms with Gasteiger partial charge in [0.25, 0.3) is 5.91 Å². The van der Waals surface area contributed by atoms with Gasteiger partial charge in [0.05, 0.1) is 17.9 Å². The third-order valence-corrected chi connectivity index (χ3v) is 5.32. The first kappa shape index (κ1) is 17.1. The standard InChI is InChI=1S/C20H25N3O3/c1-20(14-25-17-6-4-3-5-7-17)10-15-13-23(9-8-18(15)26-20)19(24)16-11-21-22(2)12-16/h3-7,11-12,15,18H,8-10,13-14H2,1-2H3/t15-,18+,20-/m1/s1. The highest BCUT2D eigenvalue weighted by Gasteiger charge is 2.46. The van der Waals surface area contributed by atoms with E-state index in [4.69, 9.17) is 9.47 Å². The van der Waals surface area contributed by atoms with E-state index in [1.54, 1.807) is 17.1 Å². The Morgan fingerprint density at radius 1 is 1.38 bits per heavy atom. The Morgan fingerprint density at radius 2 is 2.19 bits per heavy atom. The molecule has 0 unspecified atom stereocenters.